The van der Waals surface area contributed by atoms with Crippen LogP contribution in [0.4, 0.5) is 11.4 Å². The molecule has 0 aromatic heterocycles. The highest BCUT2D eigenvalue weighted by molar-refractivity contribution is 6.16. The maximum absolute atomic E-state index is 9.55. The number of nitrogens with two attached hydrogens (primary N) is 1. The summed E-state index contributed by atoms with van der Waals surface area (Å²) in [5, 5.41) is 11.3. The van der Waals surface area contributed by atoms with Gasteiger partial charge in [-0.25, -0.2) is 15.8 Å². The topological polar surface area (TPSA) is 111 Å². The lowest BCUT2D eigenvalue weighted by Gasteiger charge is -2.23. The average molecular weight is 424 g/mol. The minimum absolute atomic E-state index is 0.188. The Bertz CT molecular complexity index is 1430. The van der Waals surface area contributed by atoms with Crippen molar-refractivity contribution in [2.24, 2.45) is 15.8 Å². The predicted molar refractivity (Wildman–Crippen MR) is 120 cm³/mol. The van der Waals surface area contributed by atoms with Crippen LogP contribution in [0.25, 0.3) is 10.8 Å². The monoisotopic (exact) mass is 424 g/mol. The molecule has 6 rings (SSSR count). The summed E-state index contributed by atoms with van der Waals surface area (Å²) >= 11 is 0. The van der Waals surface area contributed by atoms with E-state index in [9.17, 15) is 5.11 Å². The maximum atomic E-state index is 9.55. The molecule has 32 heavy (non-hydrogen) atoms. The van der Waals surface area contributed by atoms with E-state index in [1.165, 1.54) is 0 Å². The van der Waals surface area contributed by atoms with Crippen molar-refractivity contribution >= 4 is 33.9 Å². The molecule has 0 aliphatic carbocycles. The first-order valence-electron chi connectivity index (χ1n) is 9.85. The molecule has 4 aromatic rings. The minimum Gasteiger partial charge on any atom is -0.508 e. The SMILES string of the molecule is NNOc1ccc(C2=Nc3ccc4c5c(ccc(c35)O2)N=C(c2ccc(O)cc2)O4)cc1. The van der Waals surface area contributed by atoms with E-state index in [4.69, 9.17) is 25.1 Å². The molecule has 2 aliphatic rings. The molecule has 2 aliphatic heterocycles. The fourth-order valence-electron chi connectivity index (χ4n) is 3.81. The second-order valence-corrected chi connectivity index (χ2v) is 7.24. The van der Waals surface area contributed by atoms with Gasteiger partial charge in [-0.2, -0.15) is 0 Å². The van der Waals surface area contributed by atoms with Gasteiger partial charge in [-0.1, -0.05) is 5.59 Å². The Balaban J connectivity index is 1.43. The van der Waals surface area contributed by atoms with Gasteiger partial charge in [-0.3, -0.25) is 0 Å². The van der Waals surface area contributed by atoms with Crippen LogP contribution in [0.15, 0.2) is 82.8 Å². The maximum Gasteiger partial charge on any atom is 0.227 e. The lowest BCUT2D eigenvalue weighted by molar-refractivity contribution is 0.199. The first-order valence-corrected chi connectivity index (χ1v) is 9.85. The van der Waals surface area contributed by atoms with E-state index in [1.807, 2.05) is 36.4 Å². The van der Waals surface area contributed by atoms with Gasteiger partial charge in [0, 0.05) is 11.1 Å². The summed E-state index contributed by atoms with van der Waals surface area (Å²) in [5.41, 5.74) is 5.28. The normalized spacial score (nSPS) is 13.7. The van der Waals surface area contributed by atoms with Crippen molar-refractivity contribution < 1.29 is 19.4 Å². The fourth-order valence-corrected chi connectivity index (χ4v) is 3.81. The second-order valence-electron chi connectivity index (χ2n) is 7.24. The van der Waals surface area contributed by atoms with Crippen molar-refractivity contribution in [1.82, 2.24) is 5.59 Å². The van der Waals surface area contributed by atoms with E-state index >= 15 is 0 Å². The number of phenolic OH excluding ortho intramolecular Hbond substituents is 1. The third kappa shape index (κ3) is 2.94. The molecule has 156 valence electrons. The molecule has 4 aromatic carbocycles. The average Bonchev–Trinajstić information content (AvgIpc) is 2.83. The van der Waals surface area contributed by atoms with Crippen molar-refractivity contribution in [2.45, 2.75) is 0 Å². The summed E-state index contributed by atoms with van der Waals surface area (Å²) in [7, 11) is 0. The number of aliphatic imine (C=N–C) groups is 2. The first-order chi connectivity index (χ1) is 15.7. The number of hydrazine groups is 1. The highest BCUT2D eigenvalue weighted by Gasteiger charge is 2.25. The minimum atomic E-state index is 0.188. The molecule has 0 fully saturated rings. The van der Waals surface area contributed by atoms with Crippen LogP contribution in [0.5, 0.6) is 23.0 Å². The number of hydrogen-bond donors (Lipinski definition) is 3. The Morgan fingerprint density at radius 1 is 0.688 bits per heavy atom. The zero-order valence-corrected chi connectivity index (χ0v) is 16.6. The summed E-state index contributed by atoms with van der Waals surface area (Å²) < 4.78 is 12.2. The summed E-state index contributed by atoms with van der Waals surface area (Å²) in [4.78, 5) is 14.5. The molecule has 0 unspecified atom stereocenters. The lowest BCUT2D eigenvalue weighted by atomic mass is 10.0. The van der Waals surface area contributed by atoms with Crippen LogP contribution in [0, 0.1) is 0 Å². The Hall–Kier alpha value is -4.40. The van der Waals surface area contributed by atoms with Crippen LogP contribution in [-0.2, 0) is 0 Å². The molecule has 0 spiro atoms. The van der Waals surface area contributed by atoms with Crippen LogP contribution < -0.4 is 25.7 Å². The van der Waals surface area contributed by atoms with Crippen molar-refractivity contribution in [3.63, 3.8) is 0 Å². The van der Waals surface area contributed by atoms with Gasteiger partial charge in [0.25, 0.3) is 0 Å². The molecule has 2 heterocycles. The lowest BCUT2D eigenvalue weighted by Crippen LogP contribution is -2.25. The van der Waals surface area contributed by atoms with Gasteiger partial charge in [0.15, 0.2) is 0 Å². The second kappa shape index (κ2) is 7.09. The number of nitrogens with one attached hydrogen (secondary N) is 1. The molecule has 0 saturated carbocycles. The summed E-state index contributed by atoms with van der Waals surface area (Å²) in [6.07, 6.45) is 0. The van der Waals surface area contributed by atoms with Gasteiger partial charge >= 0.3 is 0 Å². The van der Waals surface area contributed by atoms with Gasteiger partial charge in [0.05, 0.1) is 22.1 Å². The van der Waals surface area contributed by atoms with Crippen molar-refractivity contribution in [2.75, 3.05) is 0 Å². The number of ether oxygens (including phenoxy) is 2. The summed E-state index contributed by atoms with van der Waals surface area (Å²) in [6.45, 7) is 0. The fraction of sp³-hybridized carbons (Fsp3) is 0. The third-order valence-electron chi connectivity index (χ3n) is 5.29. The largest absolute Gasteiger partial charge is 0.508 e. The summed E-state index contributed by atoms with van der Waals surface area (Å²) in [5.74, 6) is 8.25. The highest BCUT2D eigenvalue weighted by atomic mass is 16.7. The Morgan fingerprint density at radius 3 is 1.69 bits per heavy atom. The molecule has 0 saturated heterocycles. The van der Waals surface area contributed by atoms with Crippen molar-refractivity contribution in [1.29, 1.82) is 0 Å². The number of phenols is 1. The predicted octanol–water partition coefficient (Wildman–Crippen LogP) is 4.24. The van der Waals surface area contributed by atoms with Gasteiger partial charge < -0.3 is 19.4 Å². The van der Waals surface area contributed by atoms with Crippen molar-refractivity contribution in [3.05, 3.63) is 83.9 Å². The molecule has 0 atom stereocenters. The van der Waals surface area contributed by atoms with E-state index in [0.717, 1.165) is 33.3 Å². The Labute approximate surface area is 182 Å². The zero-order chi connectivity index (χ0) is 21.7. The van der Waals surface area contributed by atoms with E-state index in [2.05, 4.69) is 10.6 Å². The van der Waals surface area contributed by atoms with Crippen LogP contribution in [0.3, 0.4) is 0 Å². The van der Waals surface area contributed by atoms with E-state index < -0.39 is 0 Å². The Morgan fingerprint density at radius 2 is 1.19 bits per heavy atom. The Kier molecular flexibility index (Phi) is 4.07. The zero-order valence-electron chi connectivity index (χ0n) is 16.6. The number of rotatable bonds is 4. The molecular weight excluding hydrogens is 408 g/mol. The molecule has 8 heteroatoms. The van der Waals surface area contributed by atoms with Crippen LogP contribution >= 0.6 is 0 Å². The number of aromatic hydroxyl groups is 1. The van der Waals surface area contributed by atoms with Gasteiger partial charge in [-0.05, 0) is 72.8 Å². The van der Waals surface area contributed by atoms with Gasteiger partial charge in [-0.15, -0.1) is 0 Å². The number of nitrogens with zero attached hydrogens (tertiary/aromatic N) is 2. The third-order valence-corrected chi connectivity index (χ3v) is 5.29. The quantitative estimate of drug-likeness (QED) is 0.334. The smallest absolute Gasteiger partial charge is 0.227 e. The molecule has 0 bridgehead atoms. The van der Waals surface area contributed by atoms with Gasteiger partial charge in [0.1, 0.15) is 23.0 Å². The molecule has 0 radical (unpaired) electrons. The number of benzene rings is 4. The first kappa shape index (κ1) is 18.4. The van der Waals surface area contributed by atoms with E-state index in [0.29, 0.717) is 29.0 Å². The standard InChI is InChI=1S/C24H16N4O4/c25-28-32-16-7-3-14(4-8-16)24-27-18-10-11-19-21-17(9-12-20(31-24)22(18)21)26-23(30-19)13-1-5-15(29)6-2-13/h1-12,28-29H,25H2. The molecule has 8 nitrogen and oxygen atoms in total. The van der Waals surface area contributed by atoms with Crippen LogP contribution in [0.2, 0.25) is 0 Å². The highest BCUT2D eigenvalue weighted by Crippen LogP contribution is 2.48. The van der Waals surface area contributed by atoms with Crippen LogP contribution in [-0.4, -0.2) is 16.9 Å². The number of hydrogen-bond acceptors (Lipinski definition) is 8. The van der Waals surface area contributed by atoms with E-state index in [1.54, 1.807) is 36.4 Å². The van der Waals surface area contributed by atoms with Gasteiger partial charge in [0.2, 0.25) is 11.8 Å². The summed E-state index contributed by atoms with van der Waals surface area (Å²) in [6, 6.07) is 21.5. The molecule has 0 amide bonds. The van der Waals surface area contributed by atoms with Crippen LogP contribution in [0.1, 0.15) is 11.1 Å². The van der Waals surface area contributed by atoms with E-state index in [-0.39, 0.29) is 5.75 Å². The van der Waals surface area contributed by atoms with Crippen molar-refractivity contribution in [3.8, 4) is 23.0 Å². The molecule has 4 N–H and O–H groups in total. The molecular formula is C24H16N4O4.